The number of carbonyl (C=O) groups is 3. The number of nitrogens with one attached hydrogen (secondary N) is 3. The molecule has 2 aromatic heterocycles. The van der Waals surface area contributed by atoms with Crippen molar-refractivity contribution in [3.63, 3.8) is 0 Å². The molecule has 0 unspecified atom stereocenters. The number of H-pyrrole nitrogens is 2. The Morgan fingerprint density at radius 3 is 1.97 bits per heavy atom. The molecule has 0 spiro atoms. The molecule has 13 nitrogen and oxygen atoms in total. The van der Waals surface area contributed by atoms with E-state index in [2.05, 4.69) is 105 Å². The summed E-state index contributed by atoms with van der Waals surface area (Å²) in [5.41, 5.74) is 12.8. The third kappa shape index (κ3) is 14.9. The number of hydrogen-bond donors (Lipinski definition) is 4. The number of rotatable bonds is 14. The third-order valence-electron chi connectivity index (χ3n) is 9.00. The number of aromatic nitrogens is 4. The highest BCUT2D eigenvalue weighted by Crippen LogP contribution is 2.30. The van der Waals surface area contributed by atoms with E-state index in [1.165, 1.54) is 13.5 Å². The number of imidazole rings is 2. The van der Waals surface area contributed by atoms with Gasteiger partial charge in [-0.15, -0.1) is 12.8 Å². The number of hydrogen-bond acceptors (Lipinski definition) is 8. The van der Waals surface area contributed by atoms with Gasteiger partial charge in [0.25, 0.3) is 0 Å². The first kappa shape index (κ1) is 51.7. The molecule has 13 heteroatoms. The number of fused-ring (bicyclic) bond motifs is 3. The van der Waals surface area contributed by atoms with E-state index in [9.17, 15) is 14.4 Å². The van der Waals surface area contributed by atoms with Crippen molar-refractivity contribution in [2.75, 3.05) is 41.0 Å². The zero-order chi connectivity index (χ0) is 46.0. The molecule has 5 N–H and O–H groups in total. The van der Waals surface area contributed by atoms with Crippen LogP contribution in [0.25, 0.3) is 44.2 Å². The number of nitrogens with two attached hydrogens (primary N) is 1. The number of methoxy groups -OCH3 is 2. The second kappa shape index (κ2) is 28.1. The molecule has 1 atom stereocenters. The molecule has 3 amide bonds. The Morgan fingerprint density at radius 2 is 1.35 bits per heavy atom. The van der Waals surface area contributed by atoms with E-state index in [4.69, 9.17) is 10.7 Å². The SMILES string of the molecule is C#C.CC.CCC.CCCN(Cc1nc2c(ccc3cc(-c4ccc(-c5cnc(CN(CCC)C(=O)[C@H](N)c6ccccc6)[nH]5)cc4)ccc32)[nH]1)C(=O)CNC(=O)OC.COC. The first-order chi connectivity index (χ1) is 30.1. The number of benzene rings is 4. The van der Waals surface area contributed by atoms with Crippen molar-refractivity contribution >= 4 is 39.7 Å². The minimum absolute atomic E-state index is 0.129. The molecule has 0 saturated heterocycles. The molecule has 4 aromatic carbocycles. The third-order valence-corrected chi connectivity index (χ3v) is 9.00. The van der Waals surface area contributed by atoms with Gasteiger partial charge in [0.1, 0.15) is 24.2 Å². The fourth-order valence-electron chi connectivity index (χ4n) is 6.33. The Balaban J connectivity index is 0.00000122. The highest BCUT2D eigenvalue weighted by molar-refractivity contribution is 6.05. The van der Waals surface area contributed by atoms with Gasteiger partial charge in [-0.05, 0) is 52.6 Å². The maximum Gasteiger partial charge on any atom is 0.407 e. The van der Waals surface area contributed by atoms with Crippen LogP contribution in [0.3, 0.4) is 0 Å². The van der Waals surface area contributed by atoms with Crippen LogP contribution in [0.5, 0.6) is 0 Å². The monoisotopic (exact) mass is 847 g/mol. The van der Waals surface area contributed by atoms with Crippen LogP contribution in [0.15, 0.2) is 91.1 Å². The lowest BCUT2D eigenvalue weighted by Crippen LogP contribution is -2.40. The first-order valence-electron chi connectivity index (χ1n) is 21.1. The molecule has 0 aliphatic heterocycles. The first-order valence-corrected chi connectivity index (χ1v) is 21.1. The van der Waals surface area contributed by atoms with Crippen LogP contribution >= 0.6 is 0 Å². The number of ether oxygens (including phenoxy) is 2. The normalized spacial score (nSPS) is 10.6. The molecule has 332 valence electrons. The van der Waals surface area contributed by atoms with Gasteiger partial charge in [-0.25, -0.2) is 14.8 Å². The van der Waals surface area contributed by atoms with Gasteiger partial charge in [-0.2, -0.15) is 0 Å². The number of nitrogens with zero attached hydrogens (tertiary/aromatic N) is 4. The Labute approximate surface area is 367 Å². The molecule has 6 rings (SSSR count). The lowest BCUT2D eigenvalue weighted by molar-refractivity contribution is -0.133. The van der Waals surface area contributed by atoms with E-state index in [0.29, 0.717) is 37.8 Å². The Hall–Kier alpha value is -6.49. The fourth-order valence-corrected chi connectivity index (χ4v) is 6.33. The summed E-state index contributed by atoms with van der Waals surface area (Å²) in [6.07, 6.45) is 12.0. The van der Waals surface area contributed by atoms with Crippen molar-refractivity contribution in [3.05, 3.63) is 108 Å². The molecule has 2 heterocycles. The van der Waals surface area contributed by atoms with Crippen molar-refractivity contribution in [2.45, 2.75) is 79.9 Å². The highest BCUT2D eigenvalue weighted by atomic mass is 16.5. The Morgan fingerprint density at radius 1 is 0.774 bits per heavy atom. The summed E-state index contributed by atoms with van der Waals surface area (Å²) in [7, 11) is 4.51. The highest BCUT2D eigenvalue weighted by Gasteiger charge is 2.23. The van der Waals surface area contributed by atoms with E-state index >= 15 is 0 Å². The van der Waals surface area contributed by atoms with Crippen LogP contribution < -0.4 is 11.1 Å². The Kier molecular flexibility index (Phi) is 23.4. The molecule has 6 aromatic rings. The number of alkyl carbamates (subject to hydrolysis) is 1. The van der Waals surface area contributed by atoms with E-state index < -0.39 is 12.1 Å². The smallest absolute Gasteiger partial charge is 0.407 e. The minimum atomic E-state index is -0.727. The second-order valence-corrected chi connectivity index (χ2v) is 13.8. The van der Waals surface area contributed by atoms with Crippen molar-refractivity contribution in [1.82, 2.24) is 35.1 Å². The summed E-state index contributed by atoms with van der Waals surface area (Å²) in [4.78, 5) is 57.2. The average molecular weight is 847 g/mol. The van der Waals surface area contributed by atoms with Crippen molar-refractivity contribution in [1.29, 1.82) is 0 Å². The van der Waals surface area contributed by atoms with Crippen LogP contribution in [0, 0.1) is 12.8 Å². The second-order valence-electron chi connectivity index (χ2n) is 13.8. The molecule has 62 heavy (non-hydrogen) atoms. The van der Waals surface area contributed by atoms with Crippen LogP contribution in [0.2, 0.25) is 0 Å². The van der Waals surface area contributed by atoms with Crippen molar-refractivity contribution in [2.24, 2.45) is 5.73 Å². The van der Waals surface area contributed by atoms with E-state index in [-0.39, 0.29) is 18.4 Å². The quantitative estimate of drug-likeness (QED) is 0.0786. The van der Waals surface area contributed by atoms with Crippen LogP contribution in [0.1, 0.15) is 84.1 Å². The van der Waals surface area contributed by atoms with Crippen LogP contribution in [-0.4, -0.2) is 88.6 Å². The zero-order valence-electron chi connectivity index (χ0n) is 38.0. The summed E-state index contributed by atoms with van der Waals surface area (Å²) >= 11 is 0. The number of amides is 3. The fraction of sp³-hybridized carbons (Fsp3) is 0.367. The predicted molar refractivity (Wildman–Crippen MR) is 252 cm³/mol. The number of carbonyl (C=O) groups excluding carboxylic acids is 3. The molecular weight excluding hydrogens is 781 g/mol. The maximum atomic E-state index is 13.3. The summed E-state index contributed by atoms with van der Waals surface area (Å²) in [5, 5.41) is 4.51. The lowest BCUT2D eigenvalue weighted by atomic mass is 9.99. The predicted octanol–water partition coefficient (Wildman–Crippen LogP) is 9.26. The van der Waals surface area contributed by atoms with Gasteiger partial charge < -0.3 is 40.3 Å². The topological polar surface area (TPSA) is 172 Å². The molecule has 0 bridgehead atoms. The summed E-state index contributed by atoms with van der Waals surface area (Å²) in [6.45, 7) is 13.9. The summed E-state index contributed by atoms with van der Waals surface area (Å²) in [5.74, 6) is 1.03. The van der Waals surface area contributed by atoms with Crippen LogP contribution in [0.4, 0.5) is 4.79 Å². The minimum Gasteiger partial charge on any atom is -0.453 e. The van der Waals surface area contributed by atoms with Gasteiger partial charge in [-0.3, -0.25) is 9.59 Å². The van der Waals surface area contributed by atoms with E-state index in [1.54, 1.807) is 30.2 Å². The number of aromatic amines is 2. The zero-order valence-corrected chi connectivity index (χ0v) is 38.0. The summed E-state index contributed by atoms with van der Waals surface area (Å²) in [6, 6.07) is 27.4. The number of terminal acetylenes is 1. The average Bonchev–Trinajstić information content (AvgIpc) is 3.96. The van der Waals surface area contributed by atoms with Crippen LogP contribution in [-0.2, 0) is 32.2 Å². The lowest BCUT2D eigenvalue weighted by Gasteiger charge is -2.24. The maximum absolute atomic E-state index is 13.3. The molecular formula is C49H66N8O5. The largest absolute Gasteiger partial charge is 0.453 e. The van der Waals surface area contributed by atoms with Gasteiger partial charge in [0, 0.05) is 32.7 Å². The van der Waals surface area contributed by atoms with Gasteiger partial charge in [-0.1, -0.05) is 121 Å². The molecule has 0 saturated carbocycles. The van der Waals surface area contributed by atoms with Crippen molar-refractivity contribution in [3.8, 4) is 35.2 Å². The Bertz CT molecular complexity index is 2250. The van der Waals surface area contributed by atoms with Gasteiger partial charge >= 0.3 is 6.09 Å². The standard InChI is InChI=1S/C40H44N8O4.C3H8.C2H6O.C2H6.C2H2/c1-4-19-47(36(49)23-43-40(51)52-3)25-35-44-32-18-16-30-21-29(15-17-31(30)38(32)46-35)26-11-13-27(14-12-26)33-22-42-34(45-33)24-48(20-5-2)39(50)37(41)28-9-7-6-8-10-28;2*1-3-2;2*1-2/h6-18,21-22,37H,4-5,19-20,23-25,41H2,1-3H3,(H,42,45)(H,43,51)(H,44,46);3H2,1-2H3;1-2H3;1-2H3;1-2H/t37-;;;;/m1..../s1. The summed E-state index contributed by atoms with van der Waals surface area (Å²) < 4.78 is 8.83. The van der Waals surface area contributed by atoms with Gasteiger partial charge in [0.15, 0.2) is 0 Å². The molecule has 0 fully saturated rings. The molecule has 0 aliphatic rings. The van der Waals surface area contributed by atoms with Gasteiger partial charge in [0.05, 0.1) is 43.1 Å². The molecule has 0 aliphatic carbocycles. The van der Waals surface area contributed by atoms with E-state index in [0.717, 1.165) is 62.6 Å². The van der Waals surface area contributed by atoms with Crippen molar-refractivity contribution < 1.29 is 23.9 Å². The van der Waals surface area contributed by atoms with Gasteiger partial charge in [0.2, 0.25) is 11.8 Å². The van der Waals surface area contributed by atoms with E-state index in [1.807, 2.05) is 64.1 Å². The molecule has 0 radical (unpaired) electrons.